The largest absolute Gasteiger partial charge is 0.508 e. The quantitative estimate of drug-likeness (QED) is 0.188. The van der Waals surface area contributed by atoms with Crippen LogP contribution in [-0.2, 0) is 4.79 Å². The van der Waals surface area contributed by atoms with Gasteiger partial charge in [0.25, 0.3) is 5.91 Å². The Kier molecular flexibility index (Phi) is 5.63. The molecule has 12 heteroatoms. The fourth-order valence-corrected chi connectivity index (χ4v) is 5.17. The summed E-state index contributed by atoms with van der Waals surface area (Å²) in [5.41, 5.74) is -3.05. The number of aromatic hydroxyl groups is 4. The highest BCUT2D eigenvalue weighted by molar-refractivity contribution is 6.31. The number of aryl methyl sites for hydroxylation is 1. The number of hydrogen-bond acceptors (Lipinski definition) is 10. The summed E-state index contributed by atoms with van der Waals surface area (Å²) in [6.45, 7) is 2.61. The summed E-state index contributed by atoms with van der Waals surface area (Å²) in [6, 6.07) is 2.78. The van der Waals surface area contributed by atoms with E-state index in [-0.39, 0.29) is 33.4 Å². The third-order valence-corrected chi connectivity index (χ3v) is 7.04. The molecule has 39 heavy (non-hydrogen) atoms. The van der Waals surface area contributed by atoms with Crippen LogP contribution in [0.4, 0.5) is 0 Å². The Morgan fingerprint density at radius 3 is 1.95 bits per heavy atom. The van der Waals surface area contributed by atoms with Crippen LogP contribution in [0, 0.1) is 6.92 Å². The third-order valence-electron chi connectivity index (χ3n) is 7.04. The number of hydrogen-bond donors (Lipinski definition) is 8. The van der Waals surface area contributed by atoms with Crippen molar-refractivity contribution >= 4 is 23.4 Å². The summed E-state index contributed by atoms with van der Waals surface area (Å²) in [5, 5.41) is 75.8. The van der Waals surface area contributed by atoms with Crippen LogP contribution in [0.1, 0.15) is 78.0 Å². The number of amides is 1. The van der Waals surface area contributed by atoms with Gasteiger partial charge in [-0.05, 0) is 42.7 Å². The number of carbonyl (C=O) groups is 4. The zero-order valence-electron chi connectivity index (χ0n) is 20.3. The smallest absolute Gasteiger partial charge is 0.325 e. The van der Waals surface area contributed by atoms with Gasteiger partial charge in [0.1, 0.15) is 41.2 Å². The number of carboxylic acid groups (broad SMARTS) is 1. The number of phenols is 4. The summed E-state index contributed by atoms with van der Waals surface area (Å²) >= 11 is 0. The Bertz CT molecular complexity index is 1670. The van der Waals surface area contributed by atoms with Crippen LogP contribution in [0.2, 0.25) is 0 Å². The normalized spacial score (nSPS) is 17.9. The molecule has 200 valence electrons. The van der Waals surface area contributed by atoms with Crippen molar-refractivity contribution in [1.29, 1.82) is 0 Å². The number of ketones is 2. The van der Waals surface area contributed by atoms with E-state index in [9.17, 15) is 49.8 Å². The first-order valence-corrected chi connectivity index (χ1v) is 11.6. The fraction of sp³-hybridized carbons (Fsp3) is 0.185. The molecule has 3 atom stereocenters. The minimum Gasteiger partial charge on any atom is -0.508 e. The van der Waals surface area contributed by atoms with Crippen LogP contribution in [0.25, 0.3) is 11.1 Å². The second-order valence-corrected chi connectivity index (χ2v) is 9.46. The van der Waals surface area contributed by atoms with E-state index in [0.29, 0.717) is 0 Å². The summed E-state index contributed by atoms with van der Waals surface area (Å²) in [4.78, 5) is 50.8. The van der Waals surface area contributed by atoms with Crippen molar-refractivity contribution in [2.75, 3.05) is 0 Å². The average molecular weight is 535 g/mol. The lowest BCUT2D eigenvalue weighted by Crippen LogP contribution is -2.38. The Labute approximate surface area is 219 Å². The van der Waals surface area contributed by atoms with Gasteiger partial charge in [-0.25, -0.2) is 0 Å². The molecule has 2 aliphatic carbocycles. The highest BCUT2D eigenvalue weighted by atomic mass is 16.4. The molecule has 0 fully saturated rings. The van der Waals surface area contributed by atoms with Crippen LogP contribution in [0.3, 0.4) is 0 Å². The van der Waals surface area contributed by atoms with Gasteiger partial charge < -0.3 is 41.1 Å². The maximum atomic E-state index is 13.4. The van der Waals surface area contributed by atoms with Crippen LogP contribution >= 0.6 is 0 Å². The first-order valence-electron chi connectivity index (χ1n) is 11.6. The maximum Gasteiger partial charge on any atom is 0.325 e. The molecule has 2 aliphatic rings. The molecule has 0 aromatic heterocycles. The van der Waals surface area contributed by atoms with Gasteiger partial charge in [0.2, 0.25) is 0 Å². The van der Waals surface area contributed by atoms with E-state index in [4.69, 9.17) is 5.11 Å². The van der Waals surface area contributed by atoms with E-state index in [1.165, 1.54) is 19.9 Å². The van der Waals surface area contributed by atoms with E-state index in [1.807, 2.05) is 0 Å². The zero-order chi connectivity index (χ0) is 28.7. The number of carboxylic acids is 1. The number of aliphatic hydroxyl groups excluding tert-OH is 2. The third kappa shape index (κ3) is 3.53. The first kappa shape index (κ1) is 25.7. The number of phenolic OH excluding ortho intramolecular Hbond substituents is 4. The number of fused-ring (bicyclic) bond motifs is 5. The van der Waals surface area contributed by atoms with Crippen molar-refractivity contribution in [2.24, 2.45) is 0 Å². The van der Waals surface area contributed by atoms with Crippen molar-refractivity contribution in [2.45, 2.75) is 32.1 Å². The molecular weight excluding hydrogens is 514 g/mol. The number of rotatable bonds is 3. The molecule has 0 bridgehead atoms. The Hall–Kier alpha value is -4.94. The second-order valence-electron chi connectivity index (χ2n) is 9.46. The first-order chi connectivity index (χ1) is 18.3. The van der Waals surface area contributed by atoms with Crippen LogP contribution in [0.5, 0.6) is 23.0 Å². The van der Waals surface area contributed by atoms with E-state index in [0.717, 1.165) is 18.2 Å². The van der Waals surface area contributed by atoms with E-state index < -0.39 is 86.9 Å². The number of benzene rings is 3. The lowest BCUT2D eigenvalue weighted by molar-refractivity contribution is -0.138. The van der Waals surface area contributed by atoms with Gasteiger partial charge in [0.15, 0.2) is 11.6 Å². The Balaban J connectivity index is 1.80. The molecule has 5 rings (SSSR count). The topological polar surface area (TPSA) is 222 Å². The SMILES string of the molecule is Cc1cc2c(c(O)c1C(=O)NC(C)C(=O)O)-c1c(cc3c(c1O)C(=O)c1cc(O)cc(O)c1C3=O)C(O)C2O. The molecule has 3 unspecified atom stereocenters. The molecular formula is C27H21NO11. The van der Waals surface area contributed by atoms with Gasteiger partial charge in [-0.3, -0.25) is 19.2 Å². The molecule has 1 amide bonds. The maximum absolute atomic E-state index is 13.4. The Morgan fingerprint density at radius 2 is 1.33 bits per heavy atom. The molecule has 3 aromatic rings. The lowest BCUT2D eigenvalue weighted by Gasteiger charge is -2.33. The second kappa shape index (κ2) is 8.55. The van der Waals surface area contributed by atoms with Gasteiger partial charge in [-0.15, -0.1) is 0 Å². The average Bonchev–Trinajstić information content (AvgIpc) is 2.85. The van der Waals surface area contributed by atoms with Crippen molar-refractivity contribution in [3.05, 3.63) is 68.8 Å². The summed E-state index contributed by atoms with van der Waals surface area (Å²) in [7, 11) is 0. The number of aliphatic carboxylic acids is 1. The summed E-state index contributed by atoms with van der Waals surface area (Å²) in [5.74, 6) is -7.00. The van der Waals surface area contributed by atoms with Crippen molar-refractivity contribution in [1.82, 2.24) is 5.32 Å². The standard InChI is InChI=1S/C27H21NO11/c1-7-3-10-17(24(35)15(7)26(37)28-8(2)27(38)39)18-12(23(34)22(10)33)6-13-19(25(18)36)21(32)11-4-9(29)5-14(30)16(11)20(13)31/h3-6,8,22-23,29-30,33-36H,1-2H3,(H,28,37)(H,38,39). The lowest BCUT2D eigenvalue weighted by atomic mass is 9.74. The van der Waals surface area contributed by atoms with Gasteiger partial charge >= 0.3 is 5.97 Å². The highest BCUT2D eigenvalue weighted by Gasteiger charge is 2.43. The molecule has 3 aromatic carbocycles. The number of carbonyl (C=O) groups excluding carboxylic acids is 3. The van der Waals surface area contributed by atoms with Crippen molar-refractivity contribution in [3.63, 3.8) is 0 Å². The molecule has 0 saturated heterocycles. The van der Waals surface area contributed by atoms with E-state index in [2.05, 4.69) is 5.32 Å². The molecule has 8 N–H and O–H groups in total. The molecule has 0 saturated carbocycles. The molecule has 0 radical (unpaired) electrons. The van der Waals surface area contributed by atoms with Crippen LogP contribution < -0.4 is 5.32 Å². The van der Waals surface area contributed by atoms with Crippen LogP contribution in [0.15, 0.2) is 24.3 Å². The van der Waals surface area contributed by atoms with E-state index in [1.54, 1.807) is 0 Å². The number of nitrogens with one attached hydrogen (secondary N) is 1. The molecule has 0 spiro atoms. The monoisotopic (exact) mass is 535 g/mol. The van der Waals surface area contributed by atoms with Crippen LogP contribution in [-0.4, -0.2) is 65.2 Å². The summed E-state index contributed by atoms with van der Waals surface area (Å²) < 4.78 is 0. The fourth-order valence-electron chi connectivity index (χ4n) is 5.17. The predicted octanol–water partition coefficient (Wildman–Crippen LogP) is 1.54. The highest BCUT2D eigenvalue weighted by Crippen LogP contribution is 2.55. The Morgan fingerprint density at radius 1 is 0.795 bits per heavy atom. The molecule has 0 heterocycles. The predicted molar refractivity (Wildman–Crippen MR) is 131 cm³/mol. The number of aliphatic hydroxyl groups is 2. The molecule has 12 nitrogen and oxygen atoms in total. The molecule has 0 aliphatic heterocycles. The minimum atomic E-state index is -1.74. The van der Waals surface area contributed by atoms with Gasteiger partial charge in [0, 0.05) is 28.3 Å². The van der Waals surface area contributed by atoms with Gasteiger partial charge in [-0.1, -0.05) is 6.07 Å². The minimum absolute atomic E-state index is 0.103. The van der Waals surface area contributed by atoms with Crippen molar-refractivity contribution < 1.29 is 54.9 Å². The van der Waals surface area contributed by atoms with Crippen molar-refractivity contribution in [3.8, 4) is 34.1 Å². The summed E-state index contributed by atoms with van der Waals surface area (Å²) in [6.07, 6.45) is -3.44. The zero-order valence-corrected chi connectivity index (χ0v) is 20.3. The van der Waals surface area contributed by atoms with Gasteiger partial charge in [0.05, 0.1) is 16.7 Å². The van der Waals surface area contributed by atoms with E-state index >= 15 is 0 Å². The van der Waals surface area contributed by atoms with Gasteiger partial charge in [-0.2, -0.15) is 0 Å².